The van der Waals surface area contributed by atoms with Crippen molar-refractivity contribution in [3.05, 3.63) is 28.5 Å². The van der Waals surface area contributed by atoms with Crippen molar-refractivity contribution in [3.63, 3.8) is 0 Å². The molecule has 1 atom stereocenters. The van der Waals surface area contributed by atoms with E-state index in [4.69, 9.17) is 0 Å². The van der Waals surface area contributed by atoms with Gasteiger partial charge in [-0.15, -0.1) is 0 Å². The van der Waals surface area contributed by atoms with Crippen LogP contribution in [0.15, 0.2) is 22.8 Å². The molecule has 1 heterocycles. The standard InChI is InChI=1S/C9H12BrNO/c1-6(2)9(12)8-7(10)4-3-5-11-8/h3-6,9,12H,1-2H3. The summed E-state index contributed by atoms with van der Waals surface area (Å²) in [4.78, 5) is 4.10. The molecule has 1 unspecified atom stereocenters. The van der Waals surface area contributed by atoms with E-state index in [1.165, 1.54) is 0 Å². The molecule has 0 aliphatic heterocycles. The summed E-state index contributed by atoms with van der Waals surface area (Å²) in [5.74, 6) is 0.191. The molecule has 1 aromatic rings. The molecule has 0 amide bonds. The van der Waals surface area contributed by atoms with Gasteiger partial charge in [-0.1, -0.05) is 13.8 Å². The lowest BCUT2D eigenvalue weighted by atomic mass is 10.0. The van der Waals surface area contributed by atoms with Crippen LogP contribution in [0.5, 0.6) is 0 Å². The van der Waals surface area contributed by atoms with E-state index in [1.54, 1.807) is 6.20 Å². The summed E-state index contributed by atoms with van der Waals surface area (Å²) in [5, 5.41) is 9.69. The number of aliphatic hydroxyl groups is 1. The van der Waals surface area contributed by atoms with Crippen LogP contribution in [0.1, 0.15) is 25.6 Å². The summed E-state index contributed by atoms with van der Waals surface area (Å²) in [7, 11) is 0. The maximum atomic E-state index is 9.69. The summed E-state index contributed by atoms with van der Waals surface area (Å²) >= 11 is 3.34. The van der Waals surface area contributed by atoms with Crippen LogP contribution in [0.3, 0.4) is 0 Å². The number of pyridine rings is 1. The van der Waals surface area contributed by atoms with Crippen LogP contribution in [0.4, 0.5) is 0 Å². The molecule has 0 aromatic carbocycles. The highest BCUT2D eigenvalue weighted by Gasteiger charge is 2.15. The first-order valence-corrected chi connectivity index (χ1v) is 4.70. The van der Waals surface area contributed by atoms with Crippen molar-refractivity contribution in [1.29, 1.82) is 0 Å². The van der Waals surface area contributed by atoms with Crippen LogP contribution < -0.4 is 0 Å². The monoisotopic (exact) mass is 229 g/mol. The van der Waals surface area contributed by atoms with E-state index in [-0.39, 0.29) is 5.92 Å². The maximum absolute atomic E-state index is 9.69. The quantitative estimate of drug-likeness (QED) is 0.846. The minimum absolute atomic E-state index is 0.191. The Morgan fingerprint density at radius 3 is 2.67 bits per heavy atom. The Hall–Kier alpha value is -0.410. The number of aromatic nitrogens is 1. The Bertz CT molecular complexity index is 262. The molecular weight excluding hydrogens is 218 g/mol. The van der Waals surface area contributed by atoms with Crippen molar-refractivity contribution in [1.82, 2.24) is 4.98 Å². The second-order valence-electron chi connectivity index (χ2n) is 3.06. The van der Waals surface area contributed by atoms with Gasteiger partial charge < -0.3 is 5.11 Å². The predicted molar refractivity (Wildman–Crippen MR) is 51.7 cm³/mol. The van der Waals surface area contributed by atoms with Crippen molar-refractivity contribution in [3.8, 4) is 0 Å². The van der Waals surface area contributed by atoms with E-state index < -0.39 is 6.10 Å². The highest BCUT2D eigenvalue weighted by molar-refractivity contribution is 9.10. The zero-order chi connectivity index (χ0) is 9.14. The molecule has 0 saturated carbocycles. The third-order valence-electron chi connectivity index (χ3n) is 1.70. The smallest absolute Gasteiger partial charge is 0.0993 e. The fourth-order valence-corrected chi connectivity index (χ4v) is 1.42. The Morgan fingerprint density at radius 2 is 2.17 bits per heavy atom. The number of aliphatic hydroxyl groups excluding tert-OH is 1. The molecule has 0 fully saturated rings. The van der Waals surface area contributed by atoms with Crippen LogP contribution in [0.2, 0.25) is 0 Å². The molecule has 0 spiro atoms. The average molecular weight is 230 g/mol. The lowest BCUT2D eigenvalue weighted by Crippen LogP contribution is -2.07. The number of hydrogen-bond acceptors (Lipinski definition) is 2. The lowest BCUT2D eigenvalue weighted by molar-refractivity contribution is 0.121. The van der Waals surface area contributed by atoms with Crippen molar-refractivity contribution < 1.29 is 5.11 Å². The highest BCUT2D eigenvalue weighted by atomic mass is 79.9. The summed E-state index contributed by atoms with van der Waals surface area (Å²) in [6, 6.07) is 3.72. The second kappa shape index (κ2) is 4.01. The number of rotatable bonds is 2. The molecule has 0 bridgehead atoms. The van der Waals surface area contributed by atoms with Gasteiger partial charge in [-0.05, 0) is 34.0 Å². The van der Waals surface area contributed by atoms with Gasteiger partial charge >= 0.3 is 0 Å². The second-order valence-corrected chi connectivity index (χ2v) is 3.91. The summed E-state index contributed by atoms with van der Waals surface area (Å²) in [6.07, 6.45) is 1.20. The van der Waals surface area contributed by atoms with E-state index in [0.717, 1.165) is 4.47 Å². The maximum Gasteiger partial charge on any atom is 0.0993 e. The third kappa shape index (κ3) is 2.05. The van der Waals surface area contributed by atoms with Gasteiger partial charge in [-0.25, -0.2) is 0 Å². The lowest BCUT2D eigenvalue weighted by Gasteiger charge is -2.14. The zero-order valence-electron chi connectivity index (χ0n) is 7.16. The van der Waals surface area contributed by atoms with Gasteiger partial charge in [0.1, 0.15) is 0 Å². The van der Waals surface area contributed by atoms with Gasteiger partial charge in [0.25, 0.3) is 0 Å². The van der Waals surface area contributed by atoms with Crippen molar-refractivity contribution in [2.75, 3.05) is 0 Å². The van der Waals surface area contributed by atoms with Crippen LogP contribution >= 0.6 is 15.9 Å². The van der Waals surface area contributed by atoms with Gasteiger partial charge in [0, 0.05) is 10.7 Å². The topological polar surface area (TPSA) is 33.1 Å². The van der Waals surface area contributed by atoms with Crippen LogP contribution in [0.25, 0.3) is 0 Å². The van der Waals surface area contributed by atoms with Gasteiger partial charge in [0.05, 0.1) is 11.8 Å². The minimum atomic E-state index is -0.486. The number of hydrogen-bond donors (Lipinski definition) is 1. The van der Waals surface area contributed by atoms with E-state index in [1.807, 2.05) is 26.0 Å². The van der Waals surface area contributed by atoms with E-state index in [0.29, 0.717) is 5.69 Å². The van der Waals surface area contributed by atoms with Crippen molar-refractivity contribution >= 4 is 15.9 Å². The van der Waals surface area contributed by atoms with Crippen molar-refractivity contribution in [2.45, 2.75) is 20.0 Å². The molecule has 2 nitrogen and oxygen atoms in total. The molecule has 1 rings (SSSR count). The Morgan fingerprint density at radius 1 is 1.50 bits per heavy atom. The molecule has 66 valence electrons. The molecular formula is C9H12BrNO. The fraction of sp³-hybridized carbons (Fsp3) is 0.444. The number of nitrogens with zero attached hydrogens (tertiary/aromatic N) is 1. The Kier molecular flexibility index (Phi) is 3.23. The Balaban J connectivity index is 2.94. The van der Waals surface area contributed by atoms with Crippen LogP contribution in [0, 0.1) is 5.92 Å². The van der Waals surface area contributed by atoms with E-state index in [9.17, 15) is 5.11 Å². The largest absolute Gasteiger partial charge is 0.386 e. The summed E-state index contributed by atoms with van der Waals surface area (Å²) in [6.45, 7) is 3.93. The summed E-state index contributed by atoms with van der Waals surface area (Å²) < 4.78 is 0.867. The van der Waals surface area contributed by atoms with Gasteiger partial charge in [-0.3, -0.25) is 4.98 Å². The molecule has 3 heteroatoms. The first kappa shape index (κ1) is 9.68. The molecule has 0 aliphatic rings. The minimum Gasteiger partial charge on any atom is -0.386 e. The molecule has 1 N–H and O–H groups in total. The first-order valence-electron chi connectivity index (χ1n) is 3.91. The zero-order valence-corrected chi connectivity index (χ0v) is 8.75. The molecule has 0 saturated heterocycles. The molecule has 12 heavy (non-hydrogen) atoms. The normalized spacial score (nSPS) is 13.4. The highest BCUT2D eigenvalue weighted by Crippen LogP contribution is 2.25. The van der Waals surface area contributed by atoms with Gasteiger partial charge in [0.15, 0.2) is 0 Å². The SMILES string of the molecule is CC(C)C(O)c1ncccc1Br. The molecule has 0 aliphatic carbocycles. The number of halogens is 1. The fourth-order valence-electron chi connectivity index (χ4n) is 0.931. The van der Waals surface area contributed by atoms with Crippen LogP contribution in [-0.4, -0.2) is 10.1 Å². The summed E-state index contributed by atoms with van der Waals surface area (Å²) in [5.41, 5.74) is 0.715. The average Bonchev–Trinajstić information content (AvgIpc) is 2.04. The van der Waals surface area contributed by atoms with E-state index in [2.05, 4.69) is 20.9 Å². The molecule has 1 aromatic heterocycles. The van der Waals surface area contributed by atoms with E-state index >= 15 is 0 Å². The van der Waals surface area contributed by atoms with Crippen LogP contribution in [-0.2, 0) is 0 Å². The first-order chi connectivity index (χ1) is 5.63. The van der Waals surface area contributed by atoms with Gasteiger partial charge in [0.2, 0.25) is 0 Å². The third-order valence-corrected chi connectivity index (χ3v) is 2.37. The molecule has 0 radical (unpaired) electrons. The predicted octanol–water partition coefficient (Wildman–Crippen LogP) is 2.53. The van der Waals surface area contributed by atoms with Gasteiger partial charge in [-0.2, -0.15) is 0 Å². The Labute approximate surface area is 80.8 Å². The van der Waals surface area contributed by atoms with Crippen molar-refractivity contribution in [2.24, 2.45) is 5.92 Å².